The van der Waals surface area contributed by atoms with Gasteiger partial charge in [-0.25, -0.2) is 0 Å². The first-order valence-corrected chi connectivity index (χ1v) is 14.3. The van der Waals surface area contributed by atoms with Gasteiger partial charge in [0, 0.05) is 33.6 Å². The fraction of sp³-hybridized carbons (Fsp3) is 0.567. The van der Waals surface area contributed by atoms with Gasteiger partial charge in [0.1, 0.15) is 0 Å². The maximum Gasteiger partial charge on any atom is 0.227 e. The average molecular weight is 473 g/mol. The van der Waals surface area contributed by atoms with E-state index < -0.39 is 0 Å². The Morgan fingerprint density at radius 3 is 2.35 bits per heavy atom. The number of nitrogens with two attached hydrogens (primary N) is 1. The molecule has 2 aromatic rings. The third kappa shape index (κ3) is 2.57. The lowest BCUT2D eigenvalue weighted by molar-refractivity contribution is -0.300. The van der Waals surface area contributed by atoms with Gasteiger partial charge < -0.3 is 11.1 Å². The van der Waals surface area contributed by atoms with Crippen molar-refractivity contribution in [3.8, 4) is 0 Å². The van der Waals surface area contributed by atoms with Crippen molar-refractivity contribution in [2.24, 2.45) is 27.9 Å². The molecule has 2 aromatic carbocycles. The van der Waals surface area contributed by atoms with Gasteiger partial charge in [-0.3, -0.25) is 4.79 Å². The van der Waals surface area contributed by atoms with Crippen molar-refractivity contribution in [3.05, 3.63) is 66.2 Å². The summed E-state index contributed by atoms with van der Waals surface area (Å²) in [4.78, 5) is 15.5. The standard InChI is InChI=1S/C30H36N2OS/c31-23-11-13-24(14-12-23)32-26(33)28-16-21-15-27(20-34-25-9-5-2-6-10-25)18-29(19-28,30(27,28)17-21)22-7-3-1-4-8-22/h1-10,21,23-24H,11-20,31H2,(H,32,33). The van der Waals surface area contributed by atoms with E-state index in [0.717, 1.165) is 44.3 Å². The predicted molar refractivity (Wildman–Crippen MR) is 138 cm³/mol. The van der Waals surface area contributed by atoms with Crippen molar-refractivity contribution in [2.45, 2.75) is 80.2 Å². The zero-order valence-corrected chi connectivity index (χ0v) is 20.8. The lowest BCUT2D eigenvalue weighted by Crippen LogP contribution is -2.84. The van der Waals surface area contributed by atoms with Gasteiger partial charge in [-0.1, -0.05) is 48.5 Å². The normalized spacial score (nSPS) is 43.5. The summed E-state index contributed by atoms with van der Waals surface area (Å²) in [5, 5.41) is 3.58. The minimum absolute atomic E-state index is 0.135. The second-order valence-electron chi connectivity index (χ2n) is 12.2. The van der Waals surface area contributed by atoms with Crippen LogP contribution in [0, 0.1) is 22.2 Å². The highest BCUT2D eigenvalue weighted by Gasteiger charge is 2.93. The third-order valence-electron chi connectivity index (χ3n) is 10.8. The molecule has 34 heavy (non-hydrogen) atoms. The van der Waals surface area contributed by atoms with Gasteiger partial charge in [0.15, 0.2) is 0 Å². The van der Waals surface area contributed by atoms with Crippen molar-refractivity contribution in [3.63, 3.8) is 0 Å². The first-order valence-electron chi connectivity index (χ1n) is 13.3. The number of amides is 1. The molecule has 5 saturated carbocycles. The molecule has 0 radical (unpaired) electrons. The van der Waals surface area contributed by atoms with Crippen molar-refractivity contribution in [2.75, 3.05) is 5.75 Å². The number of carbonyl (C=O) groups is 1. The topological polar surface area (TPSA) is 55.1 Å². The second-order valence-corrected chi connectivity index (χ2v) is 13.3. The van der Waals surface area contributed by atoms with Crippen LogP contribution in [0.2, 0.25) is 0 Å². The molecule has 5 atom stereocenters. The smallest absolute Gasteiger partial charge is 0.227 e. The summed E-state index contributed by atoms with van der Waals surface area (Å²) >= 11 is 2.02. The summed E-state index contributed by atoms with van der Waals surface area (Å²) in [6, 6.07) is 22.7. The summed E-state index contributed by atoms with van der Waals surface area (Å²) < 4.78 is 0. The van der Waals surface area contributed by atoms with Crippen molar-refractivity contribution in [1.29, 1.82) is 0 Å². The van der Waals surface area contributed by atoms with Gasteiger partial charge in [-0.2, -0.15) is 0 Å². The molecule has 0 aliphatic heterocycles. The van der Waals surface area contributed by atoms with E-state index in [2.05, 4.69) is 66.0 Å². The first kappa shape index (κ1) is 21.5. The number of benzene rings is 2. The van der Waals surface area contributed by atoms with Crippen molar-refractivity contribution < 1.29 is 4.79 Å². The zero-order chi connectivity index (χ0) is 23.0. The molecule has 4 heteroatoms. The number of fused-ring (bicyclic) bond motifs is 1. The molecule has 5 fully saturated rings. The number of hydrogen-bond donors (Lipinski definition) is 2. The van der Waals surface area contributed by atoms with Gasteiger partial charge in [0.25, 0.3) is 0 Å². The van der Waals surface area contributed by atoms with Crippen molar-refractivity contribution >= 4 is 17.7 Å². The largest absolute Gasteiger partial charge is 0.353 e. The number of thioether (sulfide) groups is 1. The fourth-order valence-electron chi connectivity index (χ4n) is 9.95. The fourth-order valence-corrected chi connectivity index (χ4v) is 11.2. The Balaban J connectivity index is 1.23. The molecule has 0 heterocycles. The van der Waals surface area contributed by atoms with Crippen LogP contribution < -0.4 is 11.1 Å². The number of nitrogens with one attached hydrogen (secondary N) is 1. The average Bonchev–Trinajstić information content (AvgIpc) is 3.33. The number of hydrogen-bond acceptors (Lipinski definition) is 3. The van der Waals surface area contributed by atoms with Gasteiger partial charge >= 0.3 is 0 Å². The number of rotatable bonds is 6. The Labute approximate surface area is 207 Å². The van der Waals surface area contributed by atoms with Crippen LogP contribution in [0.3, 0.4) is 0 Å². The summed E-state index contributed by atoms with van der Waals surface area (Å²) in [5.41, 5.74) is 8.09. The van der Waals surface area contributed by atoms with Gasteiger partial charge in [-0.05, 0) is 86.8 Å². The molecule has 5 aliphatic rings. The Hall–Kier alpha value is -1.78. The molecule has 2 bridgehead atoms. The van der Waals surface area contributed by atoms with Crippen LogP contribution in [0.25, 0.3) is 0 Å². The molecular weight excluding hydrogens is 436 g/mol. The molecule has 5 aliphatic carbocycles. The van der Waals surface area contributed by atoms with Crippen LogP contribution in [0.5, 0.6) is 0 Å². The van der Waals surface area contributed by atoms with Crippen LogP contribution in [0.4, 0.5) is 0 Å². The monoisotopic (exact) mass is 472 g/mol. The van der Waals surface area contributed by atoms with Crippen LogP contribution in [0.1, 0.15) is 63.4 Å². The Kier molecular flexibility index (Phi) is 4.66. The molecule has 178 valence electrons. The molecule has 5 unspecified atom stereocenters. The minimum Gasteiger partial charge on any atom is -0.353 e. The lowest BCUT2D eigenvalue weighted by atomic mass is 9.19. The van der Waals surface area contributed by atoms with E-state index in [1.165, 1.54) is 29.7 Å². The molecule has 3 N–H and O–H groups in total. The molecule has 1 spiro atoms. The third-order valence-corrected chi connectivity index (χ3v) is 12.1. The Morgan fingerprint density at radius 1 is 0.912 bits per heavy atom. The molecule has 7 rings (SSSR count). The second kappa shape index (κ2) is 7.36. The molecule has 0 aromatic heterocycles. The molecule has 3 nitrogen and oxygen atoms in total. The highest BCUT2D eigenvalue weighted by Crippen LogP contribution is 2.96. The highest BCUT2D eigenvalue weighted by atomic mass is 32.2. The lowest BCUT2D eigenvalue weighted by Gasteiger charge is -2.84. The SMILES string of the molecule is NC1CCC(NC(=O)C23CC4CC5(CSc6ccccc6)CC(c6ccccc6)(C2)C53C4)CC1. The summed E-state index contributed by atoms with van der Waals surface area (Å²) in [7, 11) is 0. The Morgan fingerprint density at radius 2 is 1.62 bits per heavy atom. The summed E-state index contributed by atoms with van der Waals surface area (Å²) in [6.07, 6.45) is 10.1. The predicted octanol–water partition coefficient (Wildman–Crippen LogP) is 5.68. The quantitative estimate of drug-likeness (QED) is 0.532. The molecular formula is C30H36N2OS. The van der Waals surface area contributed by atoms with E-state index in [1.54, 1.807) is 0 Å². The van der Waals surface area contributed by atoms with Crippen LogP contribution in [-0.4, -0.2) is 23.7 Å². The first-order chi connectivity index (χ1) is 16.5. The zero-order valence-electron chi connectivity index (χ0n) is 20.0. The highest BCUT2D eigenvalue weighted by molar-refractivity contribution is 7.99. The summed E-state index contributed by atoms with van der Waals surface area (Å²) in [6.45, 7) is 0. The van der Waals surface area contributed by atoms with E-state index in [0.29, 0.717) is 23.9 Å². The maximum atomic E-state index is 14.2. The minimum atomic E-state index is -0.166. The van der Waals surface area contributed by atoms with Gasteiger partial charge in [-0.15, -0.1) is 11.8 Å². The van der Waals surface area contributed by atoms with Gasteiger partial charge in [0.05, 0.1) is 5.41 Å². The van der Waals surface area contributed by atoms with E-state index >= 15 is 0 Å². The number of carbonyl (C=O) groups excluding carboxylic acids is 1. The molecule has 0 saturated heterocycles. The Bertz CT molecular complexity index is 1100. The van der Waals surface area contributed by atoms with E-state index in [9.17, 15) is 4.79 Å². The van der Waals surface area contributed by atoms with E-state index in [4.69, 9.17) is 5.73 Å². The van der Waals surface area contributed by atoms with Crippen LogP contribution in [-0.2, 0) is 10.2 Å². The summed E-state index contributed by atoms with van der Waals surface area (Å²) in [5.74, 6) is 2.24. The van der Waals surface area contributed by atoms with Crippen LogP contribution in [0.15, 0.2) is 65.6 Å². The van der Waals surface area contributed by atoms with Crippen molar-refractivity contribution in [1.82, 2.24) is 5.32 Å². The maximum absolute atomic E-state index is 14.2. The van der Waals surface area contributed by atoms with E-state index in [1.807, 2.05) is 11.8 Å². The van der Waals surface area contributed by atoms with Gasteiger partial charge in [0.2, 0.25) is 5.91 Å². The van der Waals surface area contributed by atoms with Crippen LogP contribution >= 0.6 is 11.8 Å². The molecule has 1 amide bonds. The van der Waals surface area contributed by atoms with E-state index in [-0.39, 0.29) is 21.7 Å².